The summed E-state index contributed by atoms with van der Waals surface area (Å²) in [6.45, 7) is 11.8. The van der Waals surface area contributed by atoms with Gasteiger partial charge in [-0.2, -0.15) is 0 Å². The van der Waals surface area contributed by atoms with Gasteiger partial charge >= 0.3 is 0 Å². The van der Waals surface area contributed by atoms with Crippen LogP contribution in [0.15, 0.2) is 23.8 Å². The monoisotopic (exact) mass is 179 g/mol. The normalized spacial score (nSPS) is 18.3. The first-order valence-corrected chi connectivity index (χ1v) is 5.25. The smallest absolute Gasteiger partial charge is 0.0232 e. The van der Waals surface area contributed by atoms with Gasteiger partial charge in [-0.15, -0.1) is 0 Å². The number of nitrogens with zero attached hydrogens (tertiary/aromatic N) is 1. The van der Waals surface area contributed by atoms with Gasteiger partial charge < -0.3 is 0 Å². The summed E-state index contributed by atoms with van der Waals surface area (Å²) in [6, 6.07) is 0. The van der Waals surface area contributed by atoms with Crippen LogP contribution in [0.3, 0.4) is 0 Å². The van der Waals surface area contributed by atoms with E-state index in [1.807, 2.05) is 6.08 Å². The quantitative estimate of drug-likeness (QED) is 0.602. The van der Waals surface area contributed by atoms with Crippen molar-refractivity contribution in [3.8, 4) is 0 Å². The molecule has 1 aliphatic heterocycles. The molecule has 0 aliphatic carbocycles. The Morgan fingerprint density at radius 3 is 2.31 bits per heavy atom. The predicted octanol–water partition coefficient (Wildman–Crippen LogP) is 2.99. The van der Waals surface area contributed by atoms with E-state index in [9.17, 15) is 0 Å². The lowest BCUT2D eigenvalue weighted by molar-refractivity contribution is 0.247. The SMILES string of the molecule is C=CC(CN1CCCCC1)=C(C)C. The Labute approximate surface area is 82.1 Å². The van der Waals surface area contributed by atoms with E-state index >= 15 is 0 Å². The largest absolute Gasteiger partial charge is 0.299 e. The molecule has 0 unspecified atom stereocenters. The second-order valence-corrected chi connectivity index (χ2v) is 4.07. The number of hydrogen-bond acceptors (Lipinski definition) is 1. The Bertz CT molecular complexity index is 193. The van der Waals surface area contributed by atoms with Crippen molar-refractivity contribution in [1.29, 1.82) is 0 Å². The summed E-state index contributed by atoms with van der Waals surface area (Å²) in [7, 11) is 0. The van der Waals surface area contributed by atoms with E-state index in [2.05, 4.69) is 25.3 Å². The molecule has 1 heteroatoms. The molecule has 0 N–H and O–H groups in total. The van der Waals surface area contributed by atoms with E-state index < -0.39 is 0 Å². The van der Waals surface area contributed by atoms with E-state index in [-0.39, 0.29) is 0 Å². The van der Waals surface area contributed by atoms with Crippen LogP contribution >= 0.6 is 0 Å². The number of hydrogen-bond donors (Lipinski definition) is 0. The topological polar surface area (TPSA) is 3.24 Å². The molecule has 13 heavy (non-hydrogen) atoms. The first kappa shape index (κ1) is 10.5. The molecule has 1 heterocycles. The van der Waals surface area contributed by atoms with Crippen molar-refractivity contribution in [2.75, 3.05) is 19.6 Å². The van der Waals surface area contributed by atoms with Crippen molar-refractivity contribution in [1.82, 2.24) is 4.90 Å². The maximum Gasteiger partial charge on any atom is 0.0232 e. The van der Waals surface area contributed by atoms with Gasteiger partial charge in [-0.1, -0.05) is 24.6 Å². The fourth-order valence-corrected chi connectivity index (χ4v) is 1.79. The lowest BCUT2D eigenvalue weighted by Gasteiger charge is -2.27. The van der Waals surface area contributed by atoms with Gasteiger partial charge in [0.25, 0.3) is 0 Å². The Morgan fingerprint density at radius 1 is 1.23 bits per heavy atom. The van der Waals surface area contributed by atoms with Crippen molar-refractivity contribution in [3.63, 3.8) is 0 Å². The molecule has 0 radical (unpaired) electrons. The standard InChI is InChI=1S/C12H21N/c1-4-12(11(2)3)10-13-8-6-5-7-9-13/h4H,1,5-10H2,2-3H3. The van der Waals surface area contributed by atoms with Crippen LogP contribution in [0.1, 0.15) is 33.1 Å². The lowest BCUT2D eigenvalue weighted by Crippen LogP contribution is -2.31. The lowest BCUT2D eigenvalue weighted by atomic mass is 10.1. The third-order valence-electron chi connectivity index (χ3n) is 2.73. The van der Waals surface area contributed by atoms with Gasteiger partial charge in [0.1, 0.15) is 0 Å². The molecule has 0 aromatic heterocycles. The van der Waals surface area contributed by atoms with Gasteiger partial charge in [0.15, 0.2) is 0 Å². The van der Waals surface area contributed by atoms with Crippen LogP contribution in [-0.2, 0) is 0 Å². The molecule has 0 amide bonds. The zero-order valence-corrected chi connectivity index (χ0v) is 8.97. The second-order valence-electron chi connectivity index (χ2n) is 4.07. The molecule has 1 rings (SSSR count). The highest BCUT2D eigenvalue weighted by molar-refractivity contribution is 5.23. The van der Waals surface area contributed by atoms with E-state index in [0.717, 1.165) is 6.54 Å². The fourth-order valence-electron chi connectivity index (χ4n) is 1.79. The van der Waals surface area contributed by atoms with Gasteiger partial charge in [0, 0.05) is 6.54 Å². The van der Waals surface area contributed by atoms with Gasteiger partial charge in [0.05, 0.1) is 0 Å². The number of piperidine rings is 1. The van der Waals surface area contributed by atoms with Crippen LogP contribution in [0.4, 0.5) is 0 Å². The number of likely N-dealkylation sites (tertiary alicyclic amines) is 1. The van der Waals surface area contributed by atoms with Crippen LogP contribution in [0.2, 0.25) is 0 Å². The molecule has 0 aromatic rings. The highest BCUT2D eigenvalue weighted by Gasteiger charge is 2.10. The molecule has 0 bridgehead atoms. The van der Waals surface area contributed by atoms with Crippen molar-refractivity contribution < 1.29 is 0 Å². The zero-order chi connectivity index (χ0) is 9.68. The van der Waals surface area contributed by atoms with Crippen LogP contribution in [0.25, 0.3) is 0 Å². The molecule has 0 aromatic carbocycles. The van der Waals surface area contributed by atoms with Crippen molar-refractivity contribution >= 4 is 0 Å². The minimum absolute atomic E-state index is 1.10. The van der Waals surface area contributed by atoms with Gasteiger partial charge in [-0.25, -0.2) is 0 Å². The third kappa shape index (κ3) is 3.35. The molecular formula is C12H21N. The summed E-state index contributed by atoms with van der Waals surface area (Å²) < 4.78 is 0. The van der Waals surface area contributed by atoms with Crippen molar-refractivity contribution in [3.05, 3.63) is 23.8 Å². The molecular weight excluding hydrogens is 158 g/mol. The van der Waals surface area contributed by atoms with Crippen LogP contribution in [0.5, 0.6) is 0 Å². The molecule has 1 nitrogen and oxygen atoms in total. The maximum atomic E-state index is 3.86. The Hall–Kier alpha value is -0.560. The van der Waals surface area contributed by atoms with Crippen LogP contribution in [0, 0.1) is 0 Å². The van der Waals surface area contributed by atoms with Crippen LogP contribution in [-0.4, -0.2) is 24.5 Å². The summed E-state index contributed by atoms with van der Waals surface area (Å²) in [5.74, 6) is 0. The summed E-state index contributed by atoms with van der Waals surface area (Å²) in [4.78, 5) is 2.54. The zero-order valence-electron chi connectivity index (χ0n) is 8.97. The molecule has 74 valence electrons. The first-order chi connectivity index (χ1) is 6.24. The fraction of sp³-hybridized carbons (Fsp3) is 0.667. The predicted molar refractivity (Wildman–Crippen MR) is 58.9 cm³/mol. The average molecular weight is 179 g/mol. The minimum atomic E-state index is 1.10. The van der Waals surface area contributed by atoms with Crippen molar-refractivity contribution in [2.45, 2.75) is 33.1 Å². The Morgan fingerprint density at radius 2 is 1.85 bits per heavy atom. The molecule has 0 spiro atoms. The molecule has 1 fully saturated rings. The summed E-state index contributed by atoms with van der Waals surface area (Å²) in [5.41, 5.74) is 2.81. The minimum Gasteiger partial charge on any atom is -0.299 e. The molecule has 1 saturated heterocycles. The van der Waals surface area contributed by atoms with E-state index in [4.69, 9.17) is 0 Å². The second kappa shape index (κ2) is 5.23. The maximum absolute atomic E-state index is 3.86. The highest BCUT2D eigenvalue weighted by atomic mass is 15.1. The van der Waals surface area contributed by atoms with Gasteiger partial charge in [0.2, 0.25) is 0 Å². The highest BCUT2D eigenvalue weighted by Crippen LogP contribution is 2.13. The number of allylic oxidation sites excluding steroid dienone is 1. The average Bonchev–Trinajstić information content (AvgIpc) is 2.15. The molecule has 0 saturated carbocycles. The Balaban J connectivity index is 2.45. The van der Waals surface area contributed by atoms with E-state index in [1.165, 1.54) is 43.5 Å². The van der Waals surface area contributed by atoms with E-state index in [0.29, 0.717) is 0 Å². The van der Waals surface area contributed by atoms with E-state index in [1.54, 1.807) is 0 Å². The summed E-state index contributed by atoms with van der Waals surface area (Å²) in [5, 5.41) is 0. The molecule has 1 aliphatic rings. The Kier molecular flexibility index (Phi) is 4.23. The first-order valence-electron chi connectivity index (χ1n) is 5.25. The summed E-state index contributed by atoms with van der Waals surface area (Å²) >= 11 is 0. The number of rotatable bonds is 3. The third-order valence-corrected chi connectivity index (χ3v) is 2.73. The van der Waals surface area contributed by atoms with Crippen molar-refractivity contribution in [2.24, 2.45) is 0 Å². The van der Waals surface area contributed by atoms with Gasteiger partial charge in [-0.05, 0) is 45.4 Å². The molecule has 0 atom stereocenters. The van der Waals surface area contributed by atoms with Crippen LogP contribution < -0.4 is 0 Å². The summed E-state index contributed by atoms with van der Waals surface area (Å²) in [6.07, 6.45) is 6.15. The van der Waals surface area contributed by atoms with Gasteiger partial charge in [-0.3, -0.25) is 4.90 Å².